The highest BCUT2D eigenvalue weighted by Gasteiger charge is 2.42. The minimum Gasteiger partial charge on any atom is -0.352 e. The second-order valence-electron chi connectivity index (χ2n) is 6.72. The summed E-state index contributed by atoms with van der Waals surface area (Å²) in [5.74, 6) is -0.951. The van der Waals surface area contributed by atoms with Gasteiger partial charge >= 0.3 is 0 Å². The summed E-state index contributed by atoms with van der Waals surface area (Å²) >= 11 is 1.07. The van der Waals surface area contributed by atoms with E-state index in [1.165, 1.54) is 6.07 Å². The largest absolute Gasteiger partial charge is 0.352 e. The Morgan fingerprint density at radius 2 is 1.77 bits per heavy atom. The molecule has 3 aromatic rings. The van der Waals surface area contributed by atoms with Gasteiger partial charge in [0.05, 0.1) is 17.8 Å². The van der Waals surface area contributed by atoms with Crippen LogP contribution in [0.15, 0.2) is 76.3 Å². The zero-order valence-electron chi connectivity index (χ0n) is 15.8. The molecule has 2 aromatic carbocycles. The van der Waals surface area contributed by atoms with E-state index in [9.17, 15) is 18.0 Å². The fraction of sp³-hybridized carbons (Fsp3) is 0.143. The molecule has 2 heterocycles. The molecule has 0 spiro atoms. The summed E-state index contributed by atoms with van der Waals surface area (Å²) in [7, 11) is -4.02. The molecule has 1 unspecified atom stereocenters. The lowest BCUT2D eigenvalue weighted by Gasteiger charge is -2.36. The van der Waals surface area contributed by atoms with Gasteiger partial charge < -0.3 is 10.6 Å². The third kappa shape index (κ3) is 3.94. The zero-order chi connectivity index (χ0) is 21.1. The Kier molecular flexibility index (Phi) is 5.56. The standard InChI is InChI=1S/C21H19N3O4S2/c25-19(22-14-15-7-2-1-3-8-15)13-18-21(26)23-16-9-4-5-10-17(16)24(18)30(27,28)20-11-6-12-29-20/h1-12,18H,13-14H2,(H,22,25)(H,23,26). The molecule has 2 N–H and O–H groups in total. The van der Waals surface area contributed by atoms with Crippen molar-refractivity contribution in [2.24, 2.45) is 0 Å². The maximum absolute atomic E-state index is 13.4. The number of amides is 2. The van der Waals surface area contributed by atoms with E-state index in [2.05, 4.69) is 10.6 Å². The van der Waals surface area contributed by atoms with Crippen molar-refractivity contribution in [1.82, 2.24) is 5.32 Å². The van der Waals surface area contributed by atoms with Gasteiger partial charge in [-0.3, -0.25) is 13.9 Å². The first-order valence-corrected chi connectivity index (χ1v) is 11.6. The molecule has 2 amide bonds. The fourth-order valence-electron chi connectivity index (χ4n) is 3.29. The molecular formula is C21H19N3O4S2. The van der Waals surface area contributed by atoms with Crippen LogP contribution >= 0.6 is 11.3 Å². The number of anilines is 2. The van der Waals surface area contributed by atoms with Gasteiger partial charge in [-0.15, -0.1) is 11.3 Å². The van der Waals surface area contributed by atoms with E-state index in [1.54, 1.807) is 35.7 Å². The minimum absolute atomic E-state index is 0.113. The van der Waals surface area contributed by atoms with Gasteiger partial charge in [-0.2, -0.15) is 0 Å². The number of nitrogens with zero attached hydrogens (tertiary/aromatic N) is 1. The zero-order valence-corrected chi connectivity index (χ0v) is 17.4. The molecule has 0 radical (unpaired) electrons. The number of hydrogen-bond acceptors (Lipinski definition) is 5. The lowest BCUT2D eigenvalue weighted by atomic mass is 10.1. The highest BCUT2D eigenvalue weighted by atomic mass is 32.2. The predicted molar refractivity (Wildman–Crippen MR) is 116 cm³/mol. The summed E-state index contributed by atoms with van der Waals surface area (Å²) in [5, 5.41) is 7.13. The summed E-state index contributed by atoms with van der Waals surface area (Å²) in [6.45, 7) is 0.294. The van der Waals surface area contributed by atoms with Crippen molar-refractivity contribution in [3.05, 3.63) is 77.7 Å². The number of sulfonamides is 1. The summed E-state index contributed by atoms with van der Waals surface area (Å²) in [6.07, 6.45) is -0.294. The SMILES string of the molecule is O=C(CC1C(=O)Nc2ccccc2N1S(=O)(=O)c1cccs1)NCc1ccccc1. The van der Waals surface area contributed by atoms with Gasteiger partial charge in [-0.1, -0.05) is 48.5 Å². The van der Waals surface area contributed by atoms with E-state index < -0.39 is 27.9 Å². The van der Waals surface area contributed by atoms with E-state index in [4.69, 9.17) is 0 Å². The third-order valence-corrected chi connectivity index (χ3v) is 7.90. The minimum atomic E-state index is -4.02. The number of para-hydroxylation sites is 2. The van der Waals surface area contributed by atoms with Crippen molar-refractivity contribution < 1.29 is 18.0 Å². The first kappa shape index (κ1) is 20.1. The maximum Gasteiger partial charge on any atom is 0.274 e. The molecule has 0 fully saturated rings. The Bertz CT molecular complexity index is 1160. The van der Waals surface area contributed by atoms with Crippen LogP contribution in [-0.4, -0.2) is 26.3 Å². The monoisotopic (exact) mass is 441 g/mol. The average Bonchev–Trinajstić information content (AvgIpc) is 3.29. The Morgan fingerprint density at radius 3 is 2.50 bits per heavy atom. The fourth-order valence-corrected chi connectivity index (χ4v) is 6.00. The molecule has 1 atom stereocenters. The number of rotatable bonds is 6. The van der Waals surface area contributed by atoms with E-state index in [-0.39, 0.29) is 10.6 Å². The first-order valence-electron chi connectivity index (χ1n) is 9.25. The number of thiophene rings is 1. The van der Waals surface area contributed by atoms with Crippen LogP contribution in [-0.2, 0) is 26.2 Å². The van der Waals surface area contributed by atoms with Crippen molar-refractivity contribution in [2.45, 2.75) is 23.2 Å². The Hall–Kier alpha value is -3.17. The van der Waals surface area contributed by atoms with Gasteiger partial charge in [-0.05, 0) is 29.1 Å². The van der Waals surface area contributed by atoms with Gasteiger partial charge in [0.25, 0.3) is 10.0 Å². The highest BCUT2D eigenvalue weighted by Crippen LogP contribution is 2.37. The number of fused-ring (bicyclic) bond motifs is 1. The van der Waals surface area contributed by atoms with E-state index in [1.807, 2.05) is 30.3 Å². The maximum atomic E-state index is 13.4. The lowest BCUT2D eigenvalue weighted by molar-refractivity contribution is -0.125. The molecule has 30 heavy (non-hydrogen) atoms. The molecule has 9 heteroatoms. The molecule has 0 bridgehead atoms. The van der Waals surface area contributed by atoms with E-state index in [0.717, 1.165) is 21.2 Å². The summed E-state index contributed by atoms with van der Waals surface area (Å²) in [5.41, 5.74) is 1.64. The quantitative estimate of drug-likeness (QED) is 0.615. The van der Waals surface area contributed by atoms with Crippen molar-refractivity contribution in [1.29, 1.82) is 0 Å². The molecular weight excluding hydrogens is 422 g/mol. The Balaban J connectivity index is 1.63. The Morgan fingerprint density at radius 1 is 1.03 bits per heavy atom. The van der Waals surface area contributed by atoms with Gasteiger partial charge in [0.15, 0.2) is 0 Å². The van der Waals surface area contributed by atoms with Crippen LogP contribution in [0.5, 0.6) is 0 Å². The van der Waals surface area contributed by atoms with Gasteiger partial charge in [0, 0.05) is 6.54 Å². The molecule has 0 saturated carbocycles. The number of carbonyl (C=O) groups excluding carboxylic acids is 2. The highest BCUT2D eigenvalue weighted by molar-refractivity contribution is 7.94. The number of nitrogens with one attached hydrogen (secondary N) is 2. The second-order valence-corrected chi connectivity index (χ2v) is 9.71. The molecule has 1 aliphatic rings. The van der Waals surface area contributed by atoms with Crippen LogP contribution in [0.25, 0.3) is 0 Å². The molecule has 4 rings (SSSR count). The van der Waals surface area contributed by atoms with Crippen LogP contribution in [0.3, 0.4) is 0 Å². The van der Waals surface area contributed by atoms with Crippen molar-refractivity contribution in [2.75, 3.05) is 9.62 Å². The molecule has 1 aliphatic heterocycles. The lowest BCUT2D eigenvalue weighted by Crippen LogP contribution is -2.52. The predicted octanol–water partition coefficient (Wildman–Crippen LogP) is 2.97. The van der Waals surface area contributed by atoms with Crippen molar-refractivity contribution in [3.63, 3.8) is 0 Å². The smallest absolute Gasteiger partial charge is 0.274 e. The third-order valence-electron chi connectivity index (χ3n) is 4.70. The molecule has 0 aliphatic carbocycles. The van der Waals surface area contributed by atoms with Gasteiger partial charge in [0.2, 0.25) is 11.8 Å². The first-order chi connectivity index (χ1) is 14.5. The normalized spacial score (nSPS) is 15.9. The van der Waals surface area contributed by atoms with Gasteiger partial charge in [-0.25, -0.2) is 8.42 Å². The number of carbonyl (C=O) groups is 2. The summed E-state index contributed by atoms with van der Waals surface area (Å²) in [4.78, 5) is 25.4. The number of benzene rings is 2. The van der Waals surface area contributed by atoms with Crippen LogP contribution in [0.1, 0.15) is 12.0 Å². The van der Waals surface area contributed by atoms with Gasteiger partial charge in [0.1, 0.15) is 10.3 Å². The van der Waals surface area contributed by atoms with Crippen LogP contribution in [0.4, 0.5) is 11.4 Å². The average molecular weight is 442 g/mol. The topological polar surface area (TPSA) is 95.6 Å². The van der Waals surface area contributed by atoms with Crippen LogP contribution in [0, 0.1) is 0 Å². The summed E-state index contributed by atoms with van der Waals surface area (Å²) in [6, 6.07) is 17.9. The molecule has 7 nitrogen and oxygen atoms in total. The van der Waals surface area contributed by atoms with Crippen LogP contribution in [0.2, 0.25) is 0 Å². The molecule has 154 valence electrons. The van der Waals surface area contributed by atoms with Crippen LogP contribution < -0.4 is 14.9 Å². The van der Waals surface area contributed by atoms with Crippen molar-refractivity contribution in [3.8, 4) is 0 Å². The van der Waals surface area contributed by atoms with E-state index in [0.29, 0.717) is 17.9 Å². The summed E-state index contributed by atoms with van der Waals surface area (Å²) < 4.78 is 27.9. The number of hydrogen-bond donors (Lipinski definition) is 2. The second kappa shape index (κ2) is 8.29. The Labute approximate surface area is 178 Å². The van der Waals surface area contributed by atoms with E-state index >= 15 is 0 Å². The molecule has 1 aromatic heterocycles. The van der Waals surface area contributed by atoms with Crippen molar-refractivity contribution >= 4 is 44.5 Å². The molecule has 0 saturated heterocycles.